The summed E-state index contributed by atoms with van der Waals surface area (Å²) in [7, 11) is 0. The zero-order chi connectivity index (χ0) is 16.3. The molecule has 0 unspecified atom stereocenters. The van der Waals surface area contributed by atoms with Crippen LogP contribution in [0, 0.1) is 6.92 Å². The Morgan fingerprint density at radius 1 is 1.59 bits per heavy atom. The fraction of sp³-hybridized carbons (Fsp3) is 0.467. The van der Waals surface area contributed by atoms with Crippen LogP contribution in [0.5, 0.6) is 0 Å². The third-order valence-corrected chi connectivity index (χ3v) is 2.67. The summed E-state index contributed by atoms with van der Waals surface area (Å²) < 4.78 is 10.9. The average Bonchev–Trinajstić information content (AvgIpc) is 2.77. The van der Waals surface area contributed by atoms with Crippen molar-refractivity contribution in [3.63, 3.8) is 0 Å². The van der Waals surface area contributed by atoms with Crippen molar-refractivity contribution < 1.29 is 18.8 Å². The van der Waals surface area contributed by atoms with Crippen molar-refractivity contribution >= 4 is 11.8 Å². The molecule has 7 nitrogen and oxygen atoms in total. The van der Waals surface area contributed by atoms with Crippen molar-refractivity contribution in [1.82, 2.24) is 15.4 Å². The number of oxazole rings is 1. The van der Waals surface area contributed by atoms with E-state index in [1.165, 1.54) is 4.90 Å². The van der Waals surface area contributed by atoms with Crippen LogP contribution in [-0.4, -0.2) is 28.2 Å². The van der Waals surface area contributed by atoms with Crippen molar-refractivity contribution in [3.05, 3.63) is 36.2 Å². The van der Waals surface area contributed by atoms with Gasteiger partial charge in [0, 0.05) is 13.1 Å². The lowest BCUT2D eigenvalue weighted by Crippen LogP contribution is -2.36. The quantitative estimate of drug-likeness (QED) is 0.523. The van der Waals surface area contributed by atoms with Crippen LogP contribution in [0.25, 0.3) is 5.70 Å². The standard InChI is InChI=1S/C15H21N3O4/c1-6-7-20-17-11-8-18(14(19)22-15(3,4)5)9-12-13(11)16-10(2)21-12/h6,8,17H,1,7,9H2,2-5H3. The molecule has 0 radical (unpaired) electrons. The van der Waals surface area contributed by atoms with E-state index in [1.807, 2.05) is 20.8 Å². The van der Waals surface area contributed by atoms with Crippen molar-refractivity contribution in [2.24, 2.45) is 0 Å². The molecule has 22 heavy (non-hydrogen) atoms. The third kappa shape index (κ3) is 3.88. The third-order valence-electron chi connectivity index (χ3n) is 2.67. The highest BCUT2D eigenvalue weighted by Gasteiger charge is 2.29. The van der Waals surface area contributed by atoms with Gasteiger partial charge in [0.2, 0.25) is 0 Å². The van der Waals surface area contributed by atoms with Gasteiger partial charge >= 0.3 is 6.09 Å². The fourth-order valence-corrected chi connectivity index (χ4v) is 1.90. The van der Waals surface area contributed by atoms with Gasteiger partial charge in [0.1, 0.15) is 17.0 Å². The maximum absolute atomic E-state index is 12.2. The molecular formula is C15H21N3O4. The SMILES string of the molecule is C=CCONC1=CN(C(=O)OC(C)(C)C)Cc2oc(C)nc21. The average molecular weight is 307 g/mol. The molecule has 2 rings (SSSR count). The molecule has 7 heteroatoms. The molecular weight excluding hydrogens is 286 g/mol. The molecule has 1 N–H and O–H groups in total. The maximum atomic E-state index is 12.2. The molecule has 1 aliphatic heterocycles. The normalized spacial score (nSPS) is 14.2. The molecule has 0 saturated carbocycles. The number of hydrogen-bond donors (Lipinski definition) is 1. The van der Waals surface area contributed by atoms with Gasteiger partial charge in [0.25, 0.3) is 0 Å². The highest BCUT2D eigenvalue weighted by Crippen LogP contribution is 2.26. The van der Waals surface area contributed by atoms with E-state index in [0.29, 0.717) is 29.6 Å². The lowest BCUT2D eigenvalue weighted by atomic mass is 10.2. The number of rotatable bonds is 4. The largest absolute Gasteiger partial charge is 0.443 e. The van der Waals surface area contributed by atoms with Gasteiger partial charge in [-0.3, -0.25) is 15.2 Å². The fourth-order valence-electron chi connectivity index (χ4n) is 1.90. The molecule has 2 heterocycles. The number of ether oxygens (including phenoxy) is 1. The number of aryl methyl sites for hydroxylation is 1. The first-order chi connectivity index (χ1) is 10.3. The van der Waals surface area contributed by atoms with E-state index in [-0.39, 0.29) is 6.54 Å². The van der Waals surface area contributed by atoms with E-state index in [9.17, 15) is 4.79 Å². The second kappa shape index (κ2) is 6.23. The highest BCUT2D eigenvalue weighted by molar-refractivity contribution is 5.74. The van der Waals surface area contributed by atoms with Gasteiger partial charge in [-0.25, -0.2) is 9.78 Å². The minimum absolute atomic E-state index is 0.262. The van der Waals surface area contributed by atoms with Gasteiger partial charge in [0.15, 0.2) is 11.7 Å². The smallest absolute Gasteiger partial charge is 0.414 e. The molecule has 0 fully saturated rings. The van der Waals surface area contributed by atoms with Crippen LogP contribution in [0.4, 0.5) is 4.79 Å². The summed E-state index contributed by atoms with van der Waals surface area (Å²) in [6.45, 7) is 11.3. The second-order valence-electron chi connectivity index (χ2n) is 5.86. The van der Waals surface area contributed by atoms with Gasteiger partial charge < -0.3 is 9.15 Å². The van der Waals surface area contributed by atoms with Crippen molar-refractivity contribution in [3.8, 4) is 0 Å². The topological polar surface area (TPSA) is 76.8 Å². The zero-order valence-corrected chi connectivity index (χ0v) is 13.3. The minimum atomic E-state index is -0.574. The Hall–Kier alpha value is -2.28. The highest BCUT2D eigenvalue weighted by atomic mass is 16.6. The Morgan fingerprint density at radius 2 is 2.32 bits per heavy atom. The summed E-state index contributed by atoms with van der Waals surface area (Å²) in [5.41, 5.74) is 3.34. The van der Waals surface area contributed by atoms with E-state index in [0.717, 1.165) is 0 Å². The summed E-state index contributed by atoms with van der Waals surface area (Å²) in [6.07, 6.45) is 2.74. The van der Waals surface area contributed by atoms with E-state index in [4.69, 9.17) is 14.0 Å². The molecule has 0 saturated heterocycles. The van der Waals surface area contributed by atoms with Gasteiger partial charge in [-0.15, -0.1) is 6.58 Å². The van der Waals surface area contributed by atoms with Crippen molar-refractivity contribution in [2.45, 2.75) is 39.8 Å². The lowest BCUT2D eigenvalue weighted by molar-refractivity contribution is 0.0305. The van der Waals surface area contributed by atoms with Crippen LogP contribution in [0.2, 0.25) is 0 Å². The first-order valence-corrected chi connectivity index (χ1v) is 6.97. The predicted octanol–water partition coefficient (Wildman–Crippen LogP) is 2.74. The van der Waals surface area contributed by atoms with E-state index >= 15 is 0 Å². The minimum Gasteiger partial charge on any atom is -0.443 e. The number of hydroxylamine groups is 1. The molecule has 0 bridgehead atoms. The number of amides is 1. The van der Waals surface area contributed by atoms with Crippen LogP contribution < -0.4 is 5.48 Å². The Bertz CT molecular complexity index is 598. The van der Waals surface area contributed by atoms with Gasteiger partial charge in [0.05, 0.1) is 13.2 Å². The number of nitrogens with one attached hydrogen (secondary N) is 1. The number of aromatic nitrogens is 1. The zero-order valence-electron chi connectivity index (χ0n) is 13.3. The molecule has 0 aromatic carbocycles. The molecule has 0 spiro atoms. The number of nitrogens with zero attached hydrogens (tertiary/aromatic N) is 2. The van der Waals surface area contributed by atoms with E-state index in [1.54, 1.807) is 19.2 Å². The molecule has 1 aromatic heterocycles. The summed E-state index contributed by atoms with van der Waals surface area (Å²) in [6, 6.07) is 0. The van der Waals surface area contributed by atoms with Crippen LogP contribution in [0.15, 0.2) is 23.3 Å². The van der Waals surface area contributed by atoms with Gasteiger partial charge in [-0.2, -0.15) is 0 Å². The summed E-state index contributed by atoms with van der Waals surface area (Å²) in [5, 5.41) is 0. The summed E-state index contributed by atoms with van der Waals surface area (Å²) in [4.78, 5) is 23.2. The molecule has 1 aromatic rings. The van der Waals surface area contributed by atoms with Gasteiger partial charge in [-0.05, 0) is 20.8 Å². The molecule has 1 aliphatic rings. The Labute approximate surface area is 129 Å². The molecule has 0 atom stereocenters. The number of carbonyl (C=O) groups excluding carboxylic acids is 1. The van der Waals surface area contributed by atoms with Crippen LogP contribution >= 0.6 is 0 Å². The Morgan fingerprint density at radius 3 is 2.95 bits per heavy atom. The molecule has 120 valence electrons. The summed E-state index contributed by atoms with van der Waals surface area (Å²) in [5.74, 6) is 1.10. The van der Waals surface area contributed by atoms with Crippen molar-refractivity contribution in [1.29, 1.82) is 0 Å². The Kier molecular flexibility index (Phi) is 4.56. The second-order valence-corrected chi connectivity index (χ2v) is 5.86. The van der Waals surface area contributed by atoms with Gasteiger partial charge in [-0.1, -0.05) is 6.08 Å². The number of fused-ring (bicyclic) bond motifs is 1. The molecule has 1 amide bonds. The Balaban J connectivity index is 2.21. The lowest BCUT2D eigenvalue weighted by Gasteiger charge is -2.27. The first kappa shape index (κ1) is 16.1. The van der Waals surface area contributed by atoms with Crippen LogP contribution in [0.3, 0.4) is 0 Å². The number of hydrogen-bond acceptors (Lipinski definition) is 6. The van der Waals surface area contributed by atoms with Crippen LogP contribution in [-0.2, 0) is 16.1 Å². The number of carbonyl (C=O) groups is 1. The first-order valence-electron chi connectivity index (χ1n) is 6.97. The van der Waals surface area contributed by atoms with Crippen LogP contribution in [0.1, 0.15) is 38.1 Å². The van der Waals surface area contributed by atoms with E-state index < -0.39 is 11.7 Å². The monoisotopic (exact) mass is 307 g/mol. The predicted molar refractivity (Wildman–Crippen MR) is 80.3 cm³/mol. The maximum Gasteiger partial charge on any atom is 0.414 e. The van der Waals surface area contributed by atoms with E-state index in [2.05, 4.69) is 17.0 Å². The van der Waals surface area contributed by atoms with Crippen molar-refractivity contribution in [2.75, 3.05) is 6.61 Å². The summed E-state index contributed by atoms with van der Waals surface area (Å²) >= 11 is 0. The molecule has 0 aliphatic carbocycles.